The lowest BCUT2D eigenvalue weighted by molar-refractivity contribution is 0.413. The van der Waals surface area contributed by atoms with Crippen LogP contribution in [0.3, 0.4) is 0 Å². The van der Waals surface area contributed by atoms with Crippen molar-refractivity contribution in [2.75, 3.05) is 7.11 Å². The first-order valence-electron chi connectivity index (χ1n) is 5.90. The van der Waals surface area contributed by atoms with Crippen LogP contribution in [0.1, 0.15) is 0 Å². The lowest BCUT2D eigenvalue weighted by Crippen LogP contribution is -2.10. The van der Waals surface area contributed by atoms with Crippen LogP contribution in [0.2, 0.25) is 0 Å². The van der Waals surface area contributed by atoms with E-state index in [-0.39, 0.29) is 10.6 Å². The van der Waals surface area contributed by atoms with E-state index in [1.165, 1.54) is 25.3 Å². The third-order valence-corrected chi connectivity index (χ3v) is 4.61. The highest BCUT2D eigenvalue weighted by Crippen LogP contribution is 2.25. The summed E-state index contributed by atoms with van der Waals surface area (Å²) in [7, 11) is -2.44. The zero-order chi connectivity index (χ0) is 14.9. The topological polar surface area (TPSA) is 78.4 Å². The first-order chi connectivity index (χ1) is 10.1. The van der Waals surface area contributed by atoms with Crippen LogP contribution in [0.25, 0.3) is 11.0 Å². The molecule has 6 nitrogen and oxygen atoms in total. The average molecular weight is 322 g/mol. The van der Waals surface area contributed by atoms with Crippen LogP contribution in [-0.2, 0) is 10.1 Å². The van der Waals surface area contributed by atoms with Crippen LogP contribution in [0.5, 0.6) is 11.5 Å². The van der Waals surface area contributed by atoms with Crippen LogP contribution in [0, 0.1) is 0 Å². The summed E-state index contributed by atoms with van der Waals surface area (Å²) in [6, 6.07) is 11.0. The maximum Gasteiger partial charge on any atom is 0.341 e. The molecule has 0 aliphatic heterocycles. The second kappa shape index (κ2) is 5.30. The van der Waals surface area contributed by atoms with Crippen molar-refractivity contribution in [2.45, 2.75) is 4.90 Å². The van der Waals surface area contributed by atoms with Crippen molar-refractivity contribution in [1.82, 2.24) is 8.75 Å². The fourth-order valence-corrected chi connectivity index (χ4v) is 3.48. The molecule has 3 rings (SSSR count). The molecule has 0 bridgehead atoms. The average Bonchev–Trinajstić information content (AvgIpc) is 2.95. The lowest BCUT2D eigenvalue weighted by Gasteiger charge is -2.07. The third kappa shape index (κ3) is 2.67. The molecule has 108 valence electrons. The Labute approximate surface area is 125 Å². The van der Waals surface area contributed by atoms with Crippen molar-refractivity contribution >= 4 is 32.9 Å². The summed E-state index contributed by atoms with van der Waals surface area (Å²) >= 11 is 0.958. The molecule has 21 heavy (non-hydrogen) atoms. The number of aromatic nitrogens is 2. The number of fused-ring (bicyclic) bond motifs is 1. The Balaban J connectivity index is 1.98. The largest absolute Gasteiger partial charge is 0.497 e. The molecule has 1 heterocycles. The normalized spacial score (nSPS) is 11.5. The van der Waals surface area contributed by atoms with Gasteiger partial charge in [-0.1, -0.05) is 6.07 Å². The molecule has 3 aromatic rings. The number of benzene rings is 2. The molecule has 0 unspecified atom stereocenters. The molecule has 0 atom stereocenters. The van der Waals surface area contributed by atoms with E-state index < -0.39 is 10.1 Å². The Kier molecular flexibility index (Phi) is 3.48. The number of hydrogen-bond donors (Lipinski definition) is 0. The minimum atomic E-state index is -3.97. The molecular weight excluding hydrogens is 312 g/mol. The molecule has 0 N–H and O–H groups in total. The molecule has 0 amide bonds. The molecule has 0 aliphatic carbocycles. The van der Waals surface area contributed by atoms with Gasteiger partial charge in [0.1, 0.15) is 27.4 Å². The van der Waals surface area contributed by atoms with Gasteiger partial charge < -0.3 is 8.92 Å². The first-order valence-corrected chi connectivity index (χ1v) is 8.04. The smallest absolute Gasteiger partial charge is 0.341 e. The second-order valence-electron chi connectivity index (χ2n) is 4.10. The first kappa shape index (κ1) is 13.8. The van der Waals surface area contributed by atoms with Gasteiger partial charge in [-0.25, -0.2) is 0 Å². The van der Waals surface area contributed by atoms with Crippen molar-refractivity contribution in [2.24, 2.45) is 0 Å². The summed E-state index contributed by atoms with van der Waals surface area (Å²) < 4.78 is 42.9. The van der Waals surface area contributed by atoms with E-state index in [0.29, 0.717) is 16.8 Å². The monoisotopic (exact) mass is 322 g/mol. The van der Waals surface area contributed by atoms with Crippen molar-refractivity contribution < 1.29 is 17.3 Å². The summed E-state index contributed by atoms with van der Waals surface area (Å²) in [5, 5.41) is 0. The molecule has 8 heteroatoms. The van der Waals surface area contributed by atoms with Gasteiger partial charge in [-0.2, -0.15) is 17.2 Å². The third-order valence-electron chi connectivity index (χ3n) is 2.78. The van der Waals surface area contributed by atoms with Crippen LogP contribution in [-0.4, -0.2) is 24.3 Å². The molecule has 0 saturated carbocycles. The minimum absolute atomic E-state index is 0.00423. The number of ether oxygens (including phenoxy) is 1. The van der Waals surface area contributed by atoms with Gasteiger partial charge in [-0.3, -0.25) is 0 Å². The van der Waals surface area contributed by atoms with Crippen LogP contribution < -0.4 is 8.92 Å². The highest BCUT2D eigenvalue weighted by molar-refractivity contribution is 7.87. The lowest BCUT2D eigenvalue weighted by atomic mass is 10.3. The number of hydrogen-bond acceptors (Lipinski definition) is 7. The predicted molar refractivity (Wildman–Crippen MR) is 78.2 cm³/mol. The van der Waals surface area contributed by atoms with Crippen LogP contribution in [0.15, 0.2) is 47.4 Å². The summed E-state index contributed by atoms with van der Waals surface area (Å²) in [4.78, 5) is 0.00423. The Morgan fingerprint density at radius 1 is 1.00 bits per heavy atom. The highest BCUT2D eigenvalue weighted by atomic mass is 32.2. The minimum Gasteiger partial charge on any atom is -0.497 e. The quantitative estimate of drug-likeness (QED) is 0.687. The van der Waals surface area contributed by atoms with E-state index in [1.807, 2.05) is 0 Å². The molecule has 2 aromatic carbocycles. The van der Waals surface area contributed by atoms with Crippen molar-refractivity contribution in [3.63, 3.8) is 0 Å². The predicted octanol–water partition coefficient (Wildman–Crippen LogP) is 2.47. The van der Waals surface area contributed by atoms with Crippen molar-refractivity contribution in [3.8, 4) is 11.5 Å². The van der Waals surface area contributed by atoms with E-state index >= 15 is 0 Å². The standard InChI is InChI=1S/C13H10N2O4S2/c1-18-9-5-7-10(8-6-9)19-21(16,17)12-4-2-3-11-13(12)15-20-14-11/h2-8H,1H3. The highest BCUT2D eigenvalue weighted by Gasteiger charge is 2.21. The zero-order valence-electron chi connectivity index (χ0n) is 10.9. The van der Waals surface area contributed by atoms with Gasteiger partial charge in [0.05, 0.1) is 18.8 Å². The Morgan fingerprint density at radius 3 is 2.43 bits per heavy atom. The summed E-state index contributed by atoms with van der Waals surface area (Å²) in [5.41, 5.74) is 0.843. The van der Waals surface area contributed by atoms with Gasteiger partial charge in [-0.15, -0.1) is 0 Å². The molecule has 0 fully saturated rings. The maximum absolute atomic E-state index is 12.4. The Bertz CT molecular complexity index is 873. The van der Waals surface area contributed by atoms with E-state index in [0.717, 1.165) is 11.7 Å². The van der Waals surface area contributed by atoms with Crippen molar-refractivity contribution in [3.05, 3.63) is 42.5 Å². The summed E-state index contributed by atoms with van der Waals surface area (Å²) in [6.07, 6.45) is 0. The van der Waals surface area contributed by atoms with Gasteiger partial charge in [0, 0.05) is 0 Å². The number of rotatable bonds is 4. The molecule has 1 aromatic heterocycles. The van der Waals surface area contributed by atoms with E-state index in [4.69, 9.17) is 8.92 Å². The van der Waals surface area contributed by atoms with Gasteiger partial charge in [0.15, 0.2) is 0 Å². The summed E-state index contributed by atoms with van der Waals surface area (Å²) in [5.74, 6) is 0.821. The van der Waals surface area contributed by atoms with Gasteiger partial charge in [0.25, 0.3) is 0 Å². The number of nitrogens with zero attached hydrogens (tertiary/aromatic N) is 2. The zero-order valence-corrected chi connectivity index (χ0v) is 12.5. The SMILES string of the molecule is COc1ccc(OS(=O)(=O)c2cccc3nsnc23)cc1. The molecular formula is C13H10N2O4S2. The Morgan fingerprint density at radius 2 is 1.71 bits per heavy atom. The number of methoxy groups -OCH3 is 1. The van der Waals surface area contributed by atoms with Crippen molar-refractivity contribution in [1.29, 1.82) is 0 Å². The molecule has 0 radical (unpaired) electrons. The van der Waals surface area contributed by atoms with Crippen LogP contribution >= 0.6 is 11.7 Å². The Hall–Kier alpha value is -2.19. The van der Waals surface area contributed by atoms with E-state index in [1.54, 1.807) is 24.3 Å². The molecule has 0 aliphatic rings. The van der Waals surface area contributed by atoms with E-state index in [2.05, 4.69) is 8.75 Å². The van der Waals surface area contributed by atoms with Gasteiger partial charge in [0.2, 0.25) is 0 Å². The van der Waals surface area contributed by atoms with Gasteiger partial charge >= 0.3 is 10.1 Å². The second-order valence-corrected chi connectivity index (χ2v) is 6.14. The van der Waals surface area contributed by atoms with Gasteiger partial charge in [-0.05, 0) is 36.4 Å². The fraction of sp³-hybridized carbons (Fsp3) is 0.0769. The molecule has 0 spiro atoms. The van der Waals surface area contributed by atoms with E-state index in [9.17, 15) is 8.42 Å². The summed E-state index contributed by atoms with van der Waals surface area (Å²) in [6.45, 7) is 0. The van der Waals surface area contributed by atoms with Crippen LogP contribution in [0.4, 0.5) is 0 Å². The molecule has 0 saturated heterocycles. The fourth-order valence-electron chi connectivity index (χ4n) is 1.79. The maximum atomic E-state index is 12.4.